The number of amides is 2. The van der Waals surface area contributed by atoms with E-state index in [4.69, 9.17) is 0 Å². The average molecular weight is 306 g/mol. The highest BCUT2D eigenvalue weighted by Crippen LogP contribution is 2.11. The van der Waals surface area contributed by atoms with Crippen LogP contribution in [0, 0.1) is 0 Å². The van der Waals surface area contributed by atoms with Crippen LogP contribution in [0.3, 0.4) is 0 Å². The van der Waals surface area contributed by atoms with Crippen molar-refractivity contribution < 1.29 is 19.1 Å². The quantitative estimate of drug-likeness (QED) is 0.816. The summed E-state index contributed by atoms with van der Waals surface area (Å²) in [5, 5.41) is 2.71. The van der Waals surface area contributed by atoms with Crippen molar-refractivity contribution in [1.29, 1.82) is 0 Å². The normalized spacial score (nSPS) is 11.5. The molecule has 0 aliphatic rings. The summed E-state index contributed by atoms with van der Waals surface area (Å²) in [7, 11) is 1.31. The maximum absolute atomic E-state index is 12.0. The molecule has 1 atom stereocenters. The lowest BCUT2D eigenvalue weighted by Gasteiger charge is -2.26. The van der Waals surface area contributed by atoms with Crippen molar-refractivity contribution >= 4 is 23.5 Å². The topological polar surface area (TPSA) is 75.7 Å². The van der Waals surface area contributed by atoms with Crippen LogP contribution in [-0.4, -0.2) is 42.4 Å². The Bertz CT molecular complexity index is 540. The van der Waals surface area contributed by atoms with E-state index >= 15 is 0 Å². The van der Waals surface area contributed by atoms with Crippen LogP contribution in [-0.2, 0) is 14.3 Å². The number of hydrogen-bond donors (Lipinski definition) is 1. The Hall–Kier alpha value is -2.37. The number of nitrogens with zero attached hydrogens (tertiary/aromatic N) is 1. The molecule has 1 rings (SSSR count). The lowest BCUT2D eigenvalue weighted by Crippen LogP contribution is -2.42. The summed E-state index contributed by atoms with van der Waals surface area (Å²) >= 11 is 0. The Morgan fingerprint density at radius 1 is 1.23 bits per heavy atom. The number of ether oxygens (including phenoxy) is 1. The van der Waals surface area contributed by atoms with Crippen LogP contribution in [0.4, 0.5) is 5.69 Å². The van der Waals surface area contributed by atoms with Crippen molar-refractivity contribution in [2.45, 2.75) is 33.2 Å². The molecule has 0 aliphatic carbocycles. The van der Waals surface area contributed by atoms with E-state index in [0.717, 1.165) is 6.42 Å². The number of methoxy groups -OCH3 is 1. The number of benzene rings is 1. The molecule has 1 unspecified atom stereocenters. The van der Waals surface area contributed by atoms with Gasteiger partial charge in [0, 0.05) is 18.7 Å². The molecule has 22 heavy (non-hydrogen) atoms. The predicted molar refractivity (Wildman–Crippen MR) is 83.6 cm³/mol. The molecule has 0 spiro atoms. The van der Waals surface area contributed by atoms with Gasteiger partial charge in [0.25, 0.3) is 0 Å². The third kappa shape index (κ3) is 4.87. The van der Waals surface area contributed by atoms with Gasteiger partial charge in [-0.05, 0) is 37.6 Å². The summed E-state index contributed by atoms with van der Waals surface area (Å²) in [5.41, 5.74) is 0.968. The van der Waals surface area contributed by atoms with Crippen LogP contribution in [0.25, 0.3) is 0 Å². The van der Waals surface area contributed by atoms with Crippen LogP contribution in [0.1, 0.15) is 37.6 Å². The summed E-state index contributed by atoms with van der Waals surface area (Å²) in [4.78, 5) is 36.5. The maximum Gasteiger partial charge on any atom is 0.337 e. The standard InChI is InChI=1S/C16H22N2O4/c1-5-11(2)18(12(3)19)10-15(20)17-14-8-6-13(7-9-14)16(21)22-4/h6-9,11H,5,10H2,1-4H3,(H,17,20). The fraction of sp³-hybridized carbons (Fsp3) is 0.438. The molecule has 1 aromatic carbocycles. The first-order chi connectivity index (χ1) is 10.4. The second kappa shape index (κ2) is 8.17. The smallest absolute Gasteiger partial charge is 0.337 e. The lowest BCUT2D eigenvalue weighted by molar-refractivity contribution is -0.134. The number of anilines is 1. The van der Waals surface area contributed by atoms with Gasteiger partial charge in [-0.15, -0.1) is 0 Å². The minimum Gasteiger partial charge on any atom is -0.465 e. The van der Waals surface area contributed by atoms with Crippen molar-refractivity contribution in [3.8, 4) is 0 Å². The van der Waals surface area contributed by atoms with E-state index in [0.29, 0.717) is 11.3 Å². The third-order valence-corrected chi connectivity index (χ3v) is 3.43. The average Bonchev–Trinajstić information content (AvgIpc) is 2.51. The van der Waals surface area contributed by atoms with Crippen LogP contribution in [0.15, 0.2) is 24.3 Å². The van der Waals surface area contributed by atoms with Gasteiger partial charge < -0.3 is 15.0 Å². The Labute approximate surface area is 130 Å². The van der Waals surface area contributed by atoms with E-state index in [2.05, 4.69) is 10.1 Å². The largest absolute Gasteiger partial charge is 0.465 e. The summed E-state index contributed by atoms with van der Waals surface area (Å²) in [6.07, 6.45) is 0.778. The Kier molecular flexibility index (Phi) is 6.56. The third-order valence-electron chi connectivity index (χ3n) is 3.43. The second-order valence-corrected chi connectivity index (χ2v) is 5.02. The van der Waals surface area contributed by atoms with E-state index in [1.807, 2.05) is 13.8 Å². The highest BCUT2D eigenvalue weighted by molar-refractivity contribution is 5.95. The highest BCUT2D eigenvalue weighted by atomic mass is 16.5. The molecule has 1 N–H and O–H groups in total. The summed E-state index contributed by atoms with van der Waals surface area (Å²) in [6, 6.07) is 6.37. The Morgan fingerprint density at radius 3 is 2.27 bits per heavy atom. The van der Waals surface area contributed by atoms with E-state index in [-0.39, 0.29) is 24.4 Å². The molecule has 0 saturated carbocycles. The number of hydrogen-bond acceptors (Lipinski definition) is 4. The summed E-state index contributed by atoms with van der Waals surface area (Å²) in [5.74, 6) is -0.843. The molecule has 0 heterocycles. The maximum atomic E-state index is 12.0. The van der Waals surface area contributed by atoms with Gasteiger partial charge in [0.05, 0.1) is 12.7 Å². The molecule has 2 amide bonds. The van der Waals surface area contributed by atoms with E-state index in [9.17, 15) is 14.4 Å². The minimum atomic E-state index is -0.433. The van der Waals surface area contributed by atoms with Crippen LogP contribution < -0.4 is 5.32 Å². The first kappa shape index (κ1) is 17.7. The van der Waals surface area contributed by atoms with Gasteiger partial charge in [-0.1, -0.05) is 6.92 Å². The van der Waals surface area contributed by atoms with Crippen molar-refractivity contribution in [2.75, 3.05) is 19.0 Å². The van der Waals surface area contributed by atoms with E-state index < -0.39 is 5.97 Å². The second-order valence-electron chi connectivity index (χ2n) is 5.02. The van der Waals surface area contributed by atoms with E-state index in [1.165, 1.54) is 18.9 Å². The Balaban J connectivity index is 2.68. The molecule has 0 radical (unpaired) electrons. The van der Waals surface area contributed by atoms with E-state index in [1.54, 1.807) is 24.3 Å². The molecule has 6 heteroatoms. The van der Waals surface area contributed by atoms with Crippen molar-refractivity contribution in [1.82, 2.24) is 4.90 Å². The fourth-order valence-electron chi connectivity index (χ4n) is 1.96. The molecule has 0 bridgehead atoms. The molecule has 0 aromatic heterocycles. The molecule has 120 valence electrons. The lowest BCUT2D eigenvalue weighted by atomic mass is 10.2. The molecule has 0 aliphatic heterocycles. The van der Waals surface area contributed by atoms with Crippen molar-refractivity contribution in [3.05, 3.63) is 29.8 Å². The van der Waals surface area contributed by atoms with Gasteiger partial charge in [-0.3, -0.25) is 9.59 Å². The first-order valence-corrected chi connectivity index (χ1v) is 7.14. The van der Waals surface area contributed by atoms with Crippen LogP contribution in [0.5, 0.6) is 0 Å². The number of esters is 1. The number of nitrogens with one attached hydrogen (secondary N) is 1. The minimum absolute atomic E-state index is 0.00307. The number of carbonyl (C=O) groups excluding carboxylic acids is 3. The molecule has 1 aromatic rings. The fourth-order valence-corrected chi connectivity index (χ4v) is 1.96. The molecule has 0 saturated heterocycles. The predicted octanol–water partition coefficient (Wildman–Crippen LogP) is 2.06. The van der Waals surface area contributed by atoms with Gasteiger partial charge in [0.1, 0.15) is 6.54 Å². The van der Waals surface area contributed by atoms with Crippen LogP contribution >= 0.6 is 0 Å². The summed E-state index contributed by atoms with van der Waals surface area (Å²) in [6.45, 7) is 5.32. The number of carbonyl (C=O) groups is 3. The summed E-state index contributed by atoms with van der Waals surface area (Å²) < 4.78 is 4.60. The first-order valence-electron chi connectivity index (χ1n) is 7.14. The Morgan fingerprint density at radius 2 is 1.82 bits per heavy atom. The zero-order chi connectivity index (χ0) is 16.7. The number of rotatable bonds is 6. The van der Waals surface area contributed by atoms with Crippen LogP contribution in [0.2, 0.25) is 0 Å². The molecule has 6 nitrogen and oxygen atoms in total. The van der Waals surface area contributed by atoms with Crippen molar-refractivity contribution in [2.24, 2.45) is 0 Å². The van der Waals surface area contributed by atoms with Gasteiger partial charge in [0.2, 0.25) is 11.8 Å². The van der Waals surface area contributed by atoms with Gasteiger partial charge >= 0.3 is 5.97 Å². The zero-order valence-electron chi connectivity index (χ0n) is 13.4. The van der Waals surface area contributed by atoms with Gasteiger partial charge in [-0.2, -0.15) is 0 Å². The monoisotopic (exact) mass is 306 g/mol. The van der Waals surface area contributed by atoms with Gasteiger partial charge in [-0.25, -0.2) is 4.79 Å². The zero-order valence-corrected chi connectivity index (χ0v) is 13.4. The SMILES string of the molecule is CCC(C)N(CC(=O)Nc1ccc(C(=O)OC)cc1)C(C)=O. The molecular weight excluding hydrogens is 284 g/mol. The highest BCUT2D eigenvalue weighted by Gasteiger charge is 2.18. The van der Waals surface area contributed by atoms with Crippen molar-refractivity contribution in [3.63, 3.8) is 0 Å². The van der Waals surface area contributed by atoms with Gasteiger partial charge in [0.15, 0.2) is 0 Å². The molecular formula is C16H22N2O4. The molecule has 0 fully saturated rings.